The Morgan fingerprint density at radius 2 is 1.73 bits per heavy atom. The first-order valence-corrected chi connectivity index (χ1v) is 5.03. The van der Waals surface area contributed by atoms with Gasteiger partial charge in [0.1, 0.15) is 12.1 Å². The van der Waals surface area contributed by atoms with Crippen LogP contribution in [-0.4, -0.2) is 0 Å². The van der Waals surface area contributed by atoms with Crippen LogP contribution in [0.5, 0.6) is 0 Å². The lowest BCUT2D eigenvalue weighted by Gasteiger charge is -2.22. The van der Waals surface area contributed by atoms with Gasteiger partial charge < -0.3 is 0 Å². The molecular weight excluding hydrogens is 204 g/mol. The lowest BCUT2D eigenvalue weighted by atomic mass is 9.82. The largest absolute Gasteiger partial charge is 0.192 e. The van der Waals surface area contributed by atoms with Crippen LogP contribution < -0.4 is 0 Å². The van der Waals surface area contributed by atoms with E-state index in [1.807, 2.05) is 26.8 Å². The molecule has 1 aromatic carbocycles. The Kier molecular flexibility index (Phi) is 3.07. The van der Waals surface area contributed by atoms with Crippen LogP contribution in [0.2, 0.25) is 0 Å². The number of thiol groups is 1. The SMILES string of the molecule is CC(C)(C)c1c(S)ccc(C#N)c1C#N. The third-order valence-electron chi connectivity index (χ3n) is 2.17. The predicted octanol–water partition coefficient (Wildman–Crippen LogP) is 3.02. The molecule has 0 aliphatic carbocycles. The molecule has 0 radical (unpaired) electrons. The van der Waals surface area contributed by atoms with E-state index in [1.54, 1.807) is 12.1 Å². The number of benzene rings is 1. The molecule has 76 valence electrons. The average molecular weight is 216 g/mol. The summed E-state index contributed by atoms with van der Waals surface area (Å²) in [5.41, 5.74) is 1.51. The van der Waals surface area contributed by atoms with Gasteiger partial charge in [-0.05, 0) is 23.1 Å². The smallest absolute Gasteiger partial charge is 0.101 e. The molecule has 0 amide bonds. The van der Waals surface area contributed by atoms with Crippen molar-refractivity contribution in [3.05, 3.63) is 28.8 Å². The van der Waals surface area contributed by atoms with Gasteiger partial charge in [-0.15, -0.1) is 12.6 Å². The second-order valence-electron chi connectivity index (χ2n) is 4.36. The minimum atomic E-state index is -0.186. The van der Waals surface area contributed by atoms with Crippen molar-refractivity contribution < 1.29 is 0 Å². The van der Waals surface area contributed by atoms with Crippen LogP contribution in [0.4, 0.5) is 0 Å². The fourth-order valence-corrected chi connectivity index (χ4v) is 2.08. The Bertz CT molecular complexity index is 470. The van der Waals surface area contributed by atoms with Crippen molar-refractivity contribution in [2.24, 2.45) is 0 Å². The minimum Gasteiger partial charge on any atom is -0.192 e. The van der Waals surface area contributed by atoms with Crippen LogP contribution >= 0.6 is 12.6 Å². The zero-order valence-electron chi connectivity index (χ0n) is 9.00. The van der Waals surface area contributed by atoms with Crippen molar-refractivity contribution >= 4 is 12.6 Å². The van der Waals surface area contributed by atoms with Crippen molar-refractivity contribution in [3.63, 3.8) is 0 Å². The van der Waals surface area contributed by atoms with E-state index in [0.717, 1.165) is 10.5 Å². The van der Waals surface area contributed by atoms with Gasteiger partial charge in [-0.1, -0.05) is 20.8 Å². The Labute approximate surface area is 95.6 Å². The summed E-state index contributed by atoms with van der Waals surface area (Å²) in [7, 11) is 0. The predicted molar refractivity (Wildman–Crippen MR) is 61.8 cm³/mol. The Hall–Kier alpha value is -1.45. The highest BCUT2D eigenvalue weighted by molar-refractivity contribution is 7.80. The molecule has 0 saturated carbocycles. The summed E-state index contributed by atoms with van der Waals surface area (Å²) in [6, 6.07) is 7.52. The molecule has 3 heteroatoms. The molecule has 0 aromatic heterocycles. The molecule has 0 saturated heterocycles. The molecule has 0 fully saturated rings. The quantitative estimate of drug-likeness (QED) is 0.678. The molecule has 0 aliphatic rings. The summed E-state index contributed by atoms with van der Waals surface area (Å²) in [6.07, 6.45) is 0. The van der Waals surface area contributed by atoms with E-state index >= 15 is 0 Å². The maximum atomic E-state index is 9.08. The number of hydrogen-bond donors (Lipinski definition) is 1. The molecule has 0 bridgehead atoms. The molecule has 1 aromatic rings. The lowest BCUT2D eigenvalue weighted by Crippen LogP contribution is -2.15. The molecule has 15 heavy (non-hydrogen) atoms. The zero-order chi connectivity index (χ0) is 11.6. The van der Waals surface area contributed by atoms with E-state index in [9.17, 15) is 0 Å². The van der Waals surface area contributed by atoms with Gasteiger partial charge in [-0.2, -0.15) is 10.5 Å². The molecular formula is C12H12N2S. The number of nitriles is 2. The lowest BCUT2D eigenvalue weighted by molar-refractivity contribution is 0.576. The van der Waals surface area contributed by atoms with Gasteiger partial charge in [-0.25, -0.2) is 0 Å². The Balaban J connectivity index is 3.65. The highest BCUT2D eigenvalue weighted by Gasteiger charge is 2.22. The molecule has 0 heterocycles. The molecule has 0 aliphatic heterocycles. The maximum Gasteiger partial charge on any atom is 0.101 e. The number of hydrogen-bond acceptors (Lipinski definition) is 3. The van der Waals surface area contributed by atoms with Gasteiger partial charge >= 0.3 is 0 Å². The van der Waals surface area contributed by atoms with Crippen LogP contribution in [0, 0.1) is 22.7 Å². The third-order valence-corrected chi connectivity index (χ3v) is 2.54. The van der Waals surface area contributed by atoms with Crippen molar-refractivity contribution in [1.29, 1.82) is 10.5 Å². The van der Waals surface area contributed by atoms with Gasteiger partial charge in [0, 0.05) is 4.90 Å². The molecule has 2 nitrogen and oxygen atoms in total. The van der Waals surface area contributed by atoms with Crippen molar-refractivity contribution in [2.45, 2.75) is 31.1 Å². The number of nitrogens with zero attached hydrogens (tertiary/aromatic N) is 2. The summed E-state index contributed by atoms with van der Waals surface area (Å²) in [5, 5.41) is 18.0. The van der Waals surface area contributed by atoms with E-state index in [1.165, 1.54) is 0 Å². The summed E-state index contributed by atoms with van der Waals surface area (Å²) in [6.45, 7) is 6.01. The second kappa shape index (κ2) is 3.96. The summed E-state index contributed by atoms with van der Waals surface area (Å²) < 4.78 is 0. The highest BCUT2D eigenvalue weighted by atomic mass is 32.1. The van der Waals surface area contributed by atoms with Crippen molar-refractivity contribution in [1.82, 2.24) is 0 Å². The van der Waals surface area contributed by atoms with E-state index in [0.29, 0.717) is 11.1 Å². The van der Waals surface area contributed by atoms with Crippen LogP contribution in [0.3, 0.4) is 0 Å². The normalized spacial score (nSPS) is 10.5. The average Bonchev–Trinajstić information content (AvgIpc) is 2.15. The molecule has 0 unspecified atom stereocenters. The maximum absolute atomic E-state index is 9.08. The Morgan fingerprint density at radius 1 is 1.13 bits per heavy atom. The van der Waals surface area contributed by atoms with Crippen LogP contribution in [0.25, 0.3) is 0 Å². The van der Waals surface area contributed by atoms with Gasteiger partial charge in [0.15, 0.2) is 0 Å². The monoisotopic (exact) mass is 216 g/mol. The molecule has 1 rings (SSSR count). The van der Waals surface area contributed by atoms with Gasteiger partial charge in [0.2, 0.25) is 0 Å². The topological polar surface area (TPSA) is 47.6 Å². The summed E-state index contributed by atoms with van der Waals surface area (Å²) >= 11 is 4.34. The minimum absolute atomic E-state index is 0.186. The van der Waals surface area contributed by atoms with Gasteiger partial charge in [-0.3, -0.25) is 0 Å². The van der Waals surface area contributed by atoms with Crippen LogP contribution in [0.15, 0.2) is 17.0 Å². The highest BCUT2D eigenvalue weighted by Crippen LogP contribution is 2.32. The fourth-order valence-electron chi connectivity index (χ4n) is 1.56. The number of rotatable bonds is 0. The summed E-state index contributed by atoms with van der Waals surface area (Å²) in [5.74, 6) is 0. The molecule has 0 atom stereocenters. The van der Waals surface area contributed by atoms with E-state index in [4.69, 9.17) is 10.5 Å². The second-order valence-corrected chi connectivity index (χ2v) is 4.84. The standard InChI is InChI=1S/C12H12N2S/c1-12(2,3)11-9(7-14)8(6-13)4-5-10(11)15/h4-5,15H,1-3H3. The van der Waals surface area contributed by atoms with Gasteiger partial charge in [0.05, 0.1) is 11.1 Å². The van der Waals surface area contributed by atoms with Crippen molar-refractivity contribution in [3.8, 4) is 12.1 Å². The van der Waals surface area contributed by atoms with Crippen LogP contribution in [-0.2, 0) is 5.41 Å². The van der Waals surface area contributed by atoms with Gasteiger partial charge in [0.25, 0.3) is 0 Å². The van der Waals surface area contributed by atoms with Crippen LogP contribution in [0.1, 0.15) is 37.5 Å². The van der Waals surface area contributed by atoms with E-state index in [2.05, 4.69) is 18.7 Å². The van der Waals surface area contributed by atoms with Crippen molar-refractivity contribution in [2.75, 3.05) is 0 Å². The third kappa shape index (κ3) is 2.14. The van der Waals surface area contributed by atoms with E-state index < -0.39 is 0 Å². The van der Waals surface area contributed by atoms with E-state index in [-0.39, 0.29) is 5.41 Å². The zero-order valence-corrected chi connectivity index (χ0v) is 9.89. The molecule has 0 spiro atoms. The summed E-state index contributed by atoms with van der Waals surface area (Å²) in [4.78, 5) is 0.762. The fraction of sp³-hybridized carbons (Fsp3) is 0.333. The Morgan fingerprint density at radius 3 is 2.13 bits per heavy atom. The first kappa shape index (κ1) is 11.6. The first-order valence-electron chi connectivity index (χ1n) is 4.58. The first-order chi connectivity index (χ1) is 6.91. The molecule has 0 N–H and O–H groups in total.